The highest BCUT2D eigenvalue weighted by Gasteiger charge is 2.32. The van der Waals surface area contributed by atoms with Gasteiger partial charge < -0.3 is 10.2 Å². The molecule has 1 aromatic carbocycles. The number of halogens is 4. The average Bonchev–Trinajstić information content (AvgIpc) is 2.77. The van der Waals surface area contributed by atoms with Gasteiger partial charge >= 0.3 is 6.18 Å². The lowest BCUT2D eigenvalue weighted by Crippen LogP contribution is -2.39. The first-order valence-electron chi connectivity index (χ1n) is 7.62. The minimum Gasteiger partial charge on any atom is -0.341 e. The summed E-state index contributed by atoms with van der Waals surface area (Å²) in [4.78, 5) is 14.2. The van der Waals surface area contributed by atoms with Crippen molar-refractivity contribution in [1.82, 2.24) is 10.2 Å². The van der Waals surface area contributed by atoms with Crippen LogP contribution in [0.5, 0.6) is 0 Å². The van der Waals surface area contributed by atoms with Gasteiger partial charge in [-0.3, -0.25) is 4.79 Å². The number of benzene rings is 1. The van der Waals surface area contributed by atoms with E-state index >= 15 is 0 Å². The normalized spacial score (nSPS) is 24.0. The quantitative estimate of drug-likeness (QED) is 0.891. The van der Waals surface area contributed by atoms with Crippen molar-refractivity contribution >= 4 is 18.3 Å². The lowest BCUT2D eigenvalue weighted by Gasteiger charge is -2.24. The summed E-state index contributed by atoms with van der Waals surface area (Å²) in [5.41, 5.74) is -0.281. The Balaban J connectivity index is 0.00000192. The summed E-state index contributed by atoms with van der Waals surface area (Å²) in [5, 5.41) is 3.49. The zero-order valence-corrected chi connectivity index (χ0v) is 13.4. The summed E-state index contributed by atoms with van der Waals surface area (Å²) in [6.45, 7) is 1.35. The monoisotopic (exact) mass is 348 g/mol. The molecule has 2 heterocycles. The van der Waals surface area contributed by atoms with Crippen LogP contribution in [-0.4, -0.2) is 36.0 Å². The number of carbonyl (C=O) groups is 1. The molecule has 2 fully saturated rings. The Morgan fingerprint density at radius 3 is 2.70 bits per heavy atom. The Kier molecular flexibility index (Phi) is 5.57. The number of nitrogens with zero attached hydrogens (tertiary/aromatic N) is 1. The predicted octanol–water partition coefficient (Wildman–Crippen LogP) is 3.02. The minimum atomic E-state index is -4.37. The molecule has 2 unspecified atom stereocenters. The van der Waals surface area contributed by atoms with Crippen LogP contribution in [-0.2, 0) is 17.4 Å². The molecule has 2 bridgehead atoms. The molecule has 7 heteroatoms. The van der Waals surface area contributed by atoms with Crippen molar-refractivity contribution < 1.29 is 18.0 Å². The van der Waals surface area contributed by atoms with Crippen LogP contribution in [0.3, 0.4) is 0 Å². The number of fused-ring (bicyclic) bond motifs is 2. The van der Waals surface area contributed by atoms with Crippen LogP contribution < -0.4 is 5.32 Å². The molecule has 3 nitrogen and oxygen atoms in total. The summed E-state index contributed by atoms with van der Waals surface area (Å²) in [7, 11) is 0. The Hall–Kier alpha value is -1.27. The molecule has 2 aliphatic heterocycles. The van der Waals surface area contributed by atoms with Crippen molar-refractivity contribution in [3.8, 4) is 0 Å². The smallest absolute Gasteiger partial charge is 0.341 e. The second kappa shape index (κ2) is 7.09. The molecule has 0 saturated carbocycles. The number of hydrogen-bond acceptors (Lipinski definition) is 2. The molecule has 2 atom stereocenters. The van der Waals surface area contributed by atoms with E-state index in [1.54, 1.807) is 11.0 Å². The first kappa shape index (κ1) is 18.1. The summed E-state index contributed by atoms with van der Waals surface area (Å²) in [6, 6.07) is 5.85. The summed E-state index contributed by atoms with van der Waals surface area (Å²) in [6.07, 6.45) is -1.20. The Labute approximate surface area is 139 Å². The van der Waals surface area contributed by atoms with Gasteiger partial charge in [0.05, 0.1) is 12.0 Å². The van der Waals surface area contributed by atoms with Gasteiger partial charge in [-0.1, -0.05) is 18.2 Å². The van der Waals surface area contributed by atoms with Crippen LogP contribution in [0.15, 0.2) is 24.3 Å². The summed E-state index contributed by atoms with van der Waals surface area (Å²) in [5.74, 6) is -0.0892. The summed E-state index contributed by atoms with van der Waals surface area (Å²) >= 11 is 0. The molecule has 1 N–H and O–H groups in total. The van der Waals surface area contributed by atoms with Crippen molar-refractivity contribution in [2.45, 2.75) is 43.9 Å². The van der Waals surface area contributed by atoms with E-state index in [2.05, 4.69) is 5.32 Å². The first-order chi connectivity index (χ1) is 10.4. The topological polar surface area (TPSA) is 32.3 Å². The second-order valence-corrected chi connectivity index (χ2v) is 6.14. The maximum absolute atomic E-state index is 12.7. The van der Waals surface area contributed by atoms with E-state index in [1.807, 2.05) is 0 Å². The fourth-order valence-electron chi connectivity index (χ4n) is 3.31. The number of alkyl halides is 3. The molecule has 23 heavy (non-hydrogen) atoms. The van der Waals surface area contributed by atoms with Gasteiger partial charge in [0.15, 0.2) is 0 Å². The zero-order chi connectivity index (χ0) is 15.7. The Bertz CT molecular complexity index is 565. The molecule has 1 amide bonds. The number of amides is 1. The van der Waals surface area contributed by atoms with Crippen LogP contribution in [0.2, 0.25) is 0 Å². The molecular formula is C16H20ClF3N2O. The standard InChI is InChI=1S/C16H19F3N2O.ClH/c17-16(18,19)12-3-1-2-11(8-12)9-15(22)21-7-6-13-4-5-14(10-21)20-13;/h1-3,8,13-14,20H,4-7,9-10H2;1H. The van der Waals surface area contributed by atoms with Crippen molar-refractivity contribution in [3.63, 3.8) is 0 Å². The molecule has 0 aromatic heterocycles. The van der Waals surface area contributed by atoms with Crippen molar-refractivity contribution in [3.05, 3.63) is 35.4 Å². The summed E-state index contributed by atoms with van der Waals surface area (Å²) < 4.78 is 38.1. The number of likely N-dealkylation sites (tertiary alicyclic amines) is 1. The van der Waals surface area contributed by atoms with Gasteiger partial charge in [-0.25, -0.2) is 0 Å². The van der Waals surface area contributed by atoms with E-state index in [1.165, 1.54) is 6.07 Å². The lowest BCUT2D eigenvalue weighted by molar-refractivity contribution is -0.138. The van der Waals surface area contributed by atoms with Crippen molar-refractivity contribution in [2.75, 3.05) is 13.1 Å². The SMILES string of the molecule is Cl.O=C(Cc1cccc(C(F)(F)F)c1)N1CCC2CCC(C1)N2. The molecule has 2 saturated heterocycles. The molecular weight excluding hydrogens is 329 g/mol. The van der Waals surface area contributed by atoms with Crippen LogP contribution >= 0.6 is 12.4 Å². The van der Waals surface area contributed by atoms with Crippen LogP contribution in [0.25, 0.3) is 0 Å². The fourth-order valence-corrected chi connectivity index (χ4v) is 3.31. The van der Waals surface area contributed by atoms with E-state index in [0.717, 1.165) is 31.4 Å². The number of hydrogen-bond donors (Lipinski definition) is 1. The van der Waals surface area contributed by atoms with Gasteiger partial charge in [-0.05, 0) is 30.9 Å². The number of carbonyl (C=O) groups excluding carboxylic acids is 1. The number of nitrogens with one attached hydrogen (secondary N) is 1. The van der Waals surface area contributed by atoms with Gasteiger partial charge in [-0.15, -0.1) is 12.4 Å². The van der Waals surface area contributed by atoms with E-state index < -0.39 is 11.7 Å². The predicted molar refractivity (Wildman–Crippen MR) is 83.5 cm³/mol. The lowest BCUT2D eigenvalue weighted by atomic mass is 10.1. The molecule has 1 aromatic rings. The van der Waals surface area contributed by atoms with Crippen LogP contribution in [0, 0.1) is 0 Å². The van der Waals surface area contributed by atoms with Gasteiger partial charge in [0.1, 0.15) is 0 Å². The molecule has 0 spiro atoms. The minimum absolute atomic E-state index is 0. The van der Waals surface area contributed by atoms with E-state index in [-0.39, 0.29) is 24.7 Å². The van der Waals surface area contributed by atoms with Gasteiger partial charge in [-0.2, -0.15) is 13.2 Å². The zero-order valence-electron chi connectivity index (χ0n) is 12.6. The first-order valence-corrected chi connectivity index (χ1v) is 7.62. The molecule has 0 radical (unpaired) electrons. The fraction of sp³-hybridized carbons (Fsp3) is 0.562. The Morgan fingerprint density at radius 2 is 1.96 bits per heavy atom. The molecule has 2 aliphatic rings. The third kappa shape index (κ3) is 4.38. The van der Waals surface area contributed by atoms with Gasteiger partial charge in [0.25, 0.3) is 0 Å². The largest absolute Gasteiger partial charge is 0.416 e. The third-order valence-corrected chi connectivity index (χ3v) is 4.49. The van der Waals surface area contributed by atoms with E-state index in [0.29, 0.717) is 30.7 Å². The highest BCUT2D eigenvalue weighted by atomic mass is 35.5. The highest BCUT2D eigenvalue weighted by molar-refractivity contribution is 5.85. The Morgan fingerprint density at radius 1 is 1.22 bits per heavy atom. The maximum atomic E-state index is 12.7. The van der Waals surface area contributed by atoms with Crippen LogP contribution in [0.4, 0.5) is 13.2 Å². The van der Waals surface area contributed by atoms with Crippen LogP contribution in [0.1, 0.15) is 30.4 Å². The highest BCUT2D eigenvalue weighted by Crippen LogP contribution is 2.29. The number of rotatable bonds is 2. The van der Waals surface area contributed by atoms with Gasteiger partial charge in [0, 0.05) is 25.2 Å². The molecule has 3 rings (SSSR count). The van der Waals surface area contributed by atoms with Crippen molar-refractivity contribution in [2.24, 2.45) is 0 Å². The van der Waals surface area contributed by atoms with E-state index in [4.69, 9.17) is 0 Å². The molecule has 128 valence electrons. The molecule has 0 aliphatic carbocycles. The third-order valence-electron chi connectivity index (χ3n) is 4.49. The van der Waals surface area contributed by atoms with E-state index in [9.17, 15) is 18.0 Å². The van der Waals surface area contributed by atoms with Gasteiger partial charge in [0.2, 0.25) is 5.91 Å². The van der Waals surface area contributed by atoms with Crippen molar-refractivity contribution in [1.29, 1.82) is 0 Å². The second-order valence-electron chi connectivity index (χ2n) is 6.14. The maximum Gasteiger partial charge on any atom is 0.416 e. The average molecular weight is 349 g/mol.